The summed E-state index contributed by atoms with van der Waals surface area (Å²) in [6.45, 7) is 15.6. The largest absolute Gasteiger partial charge is 0.508 e. The van der Waals surface area contributed by atoms with Crippen LogP contribution in [0, 0.1) is 5.41 Å². The van der Waals surface area contributed by atoms with Gasteiger partial charge in [-0.1, -0.05) is 39.5 Å². The Labute approximate surface area is 144 Å². The molecule has 24 heavy (non-hydrogen) atoms. The molecule has 0 heterocycles. The number of benzene rings is 1. The van der Waals surface area contributed by atoms with E-state index in [1.165, 1.54) is 5.01 Å². The van der Waals surface area contributed by atoms with Gasteiger partial charge < -0.3 is 10.8 Å². The van der Waals surface area contributed by atoms with Crippen molar-refractivity contribution in [3.05, 3.63) is 53.5 Å². The predicted molar refractivity (Wildman–Crippen MR) is 98.9 cm³/mol. The monoisotopic (exact) mass is 332 g/mol. The highest BCUT2D eigenvalue weighted by Crippen LogP contribution is 2.33. The zero-order chi connectivity index (χ0) is 18.9. The molecule has 0 radical (unpaired) electrons. The van der Waals surface area contributed by atoms with Crippen LogP contribution in [-0.4, -0.2) is 23.2 Å². The van der Waals surface area contributed by atoms with Crippen LogP contribution in [0.3, 0.4) is 0 Å². The Morgan fingerprint density at radius 3 is 2.33 bits per heavy atom. The minimum Gasteiger partial charge on any atom is -0.508 e. The lowest BCUT2D eigenvalue weighted by Crippen LogP contribution is -2.31. The second-order valence-corrected chi connectivity index (χ2v) is 6.30. The first-order valence-corrected chi connectivity index (χ1v) is 7.42. The van der Waals surface area contributed by atoms with Gasteiger partial charge in [0, 0.05) is 5.70 Å². The molecule has 0 aliphatic rings. The van der Waals surface area contributed by atoms with Gasteiger partial charge in [0.1, 0.15) is 11.6 Å². The molecule has 0 bridgehead atoms. The number of phenolic OH excluding ortho intramolecular Hbond substituents is 1. The molecule has 5 N–H and O–H groups in total. The number of aliphatic imine (C=N–C) groups is 1. The number of carbonyl (C=O) groups is 1. The lowest BCUT2D eigenvalue weighted by Gasteiger charge is -2.29. The van der Waals surface area contributed by atoms with Gasteiger partial charge in [0.25, 0.3) is 0 Å². The number of nitrogens with two attached hydrogens (primary N) is 2. The van der Waals surface area contributed by atoms with Crippen molar-refractivity contribution in [2.24, 2.45) is 22.0 Å². The van der Waals surface area contributed by atoms with Crippen LogP contribution >= 0.6 is 0 Å². The van der Waals surface area contributed by atoms with Crippen molar-refractivity contribution in [1.29, 1.82) is 0 Å². The second kappa shape index (κ2) is 9.52. The van der Waals surface area contributed by atoms with E-state index in [9.17, 15) is 5.11 Å². The molecule has 132 valence electrons. The molecule has 1 amide bonds. The van der Waals surface area contributed by atoms with Gasteiger partial charge in [-0.3, -0.25) is 9.80 Å². The molecule has 0 aromatic heterocycles. The average molecular weight is 332 g/mol. The molecule has 1 aromatic rings. The molecule has 0 spiro atoms. The van der Waals surface area contributed by atoms with Crippen molar-refractivity contribution in [2.75, 3.05) is 0 Å². The zero-order valence-corrected chi connectivity index (χ0v) is 14.9. The molecule has 0 saturated heterocycles. The quantitative estimate of drug-likeness (QED) is 0.334. The SMILES string of the molecule is C=N/C(=C(/Cc1cccc(O)c1)C(C)(C)C)N(N)C(=C)C.NC=O. The Hall–Kier alpha value is -2.60. The molecule has 1 aromatic carbocycles. The summed E-state index contributed by atoms with van der Waals surface area (Å²) in [5.41, 5.74) is 6.74. The minimum absolute atomic E-state index is 0.144. The molecule has 0 aliphatic heterocycles. The van der Waals surface area contributed by atoms with Crippen molar-refractivity contribution < 1.29 is 9.90 Å². The topological polar surface area (TPSA) is 105 Å². The number of hydrazine groups is 1. The van der Waals surface area contributed by atoms with Gasteiger partial charge >= 0.3 is 0 Å². The van der Waals surface area contributed by atoms with Gasteiger partial charge in [0.2, 0.25) is 6.41 Å². The first-order valence-electron chi connectivity index (χ1n) is 7.42. The number of hydrogen-bond donors (Lipinski definition) is 3. The Bertz CT molecular complexity index is 616. The van der Waals surface area contributed by atoms with Crippen molar-refractivity contribution in [3.8, 4) is 5.75 Å². The Kier molecular flexibility index (Phi) is 8.49. The highest BCUT2D eigenvalue weighted by molar-refractivity contribution is 5.42. The Morgan fingerprint density at radius 2 is 1.96 bits per heavy atom. The molecule has 6 nitrogen and oxygen atoms in total. The summed E-state index contributed by atoms with van der Waals surface area (Å²) in [6, 6.07) is 7.19. The molecule has 0 atom stereocenters. The number of amides is 1. The number of primary amides is 1. The standard InChI is InChI=1S/C17H25N3O.CH3NO/c1-12(2)20(18)16(19-6)15(17(3,4)5)11-13-8-7-9-14(21)10-13;2-1-3/h7-10,21H,1,6,11,18H2,2-5H3;1H,(H2,2,3)/b16-15+;. The van der Waals surface area contributed by atoms with Gasteiger partial charge in [-0.25, -0.2) is 10.8 Å². The summed E-state index contributed by atoms with van der Waals surface area (Å²) in [5, 5.41) is 11.1. The van der Waals surface area contributed by atoms with Crippen molar-refractivity contribution in [3.63, 3.8) is 0 Å². The highest BCUT2D eigenvalue weighted by Gasteiger charge is 2.24. The summed E-state index contributed by atoms with van der Waals surface area (Å²) >= 11 is 0. The number of hydrogen-bond acceptors (Lipinski definition) is 5. The van der Waals surface area contributed by atoms with E-state index in [0.29, 0.717) is 17.9 Å². The van der Waals surface area contributed by atoms with E-state index in [1.54, 1.807) is 12.1 Å². The Balaban J connectivity index is 0.00000163. The predicted octanol–water partition coefficient (Wildman–Crippen LogP) is 2.70. The maximum atomic E-state index is 9.62. The molecule has 1 rings (SSSR count). The van der Waals surface area contributed by atoms with E-state index < -0.39 is 0 Å². The van der Waals surface area contributed by atoms with E-state index in [4.69, 9.17) is 10.6 Å². The minimum atomic E-state index is -0.144. The maximum absolute atomic E-state index is 9.62. The fraction of sp³-hybridized carbons (Fsp3) is 0.333. The smallest absolute Gasteiger partial charge is 0.204 e. The van der Waals surface area contributed by atoms with Crippen molar-refractivity contribution in [2.45, 2.75) is 34.1 Å². The number of carbonyl (C=O) groups excluding carboxylic acids is 1. The first-order chi connectivity index (χ1) is 11.1. The van der Waals surface area contributed by atoms with E-state index >= 15 is 0 Å². The van der Waals surface area contributed by atoms with E-state index in [0.717, 1.165) is 11.1 Å². The van der Waals surface area contributed by atoms with Crippen LogP contribution in [0.1, 0.15) is 33.3 Å². The van der Waals surface area contributed by atoms with E-state index in [2.05, 4.69) is 44.8 Å². The zero-order valence-electron chi connectivity index (χ0n) is 14.9. The van der Waals surface area contributed by atoms with Gasteiger partial charge in [-0.05, 0) is 48.7 Å². The van der Waals surface area contributed by atoms with Crippen LogP contribution in [-0.2, 0) is 11.2 Å². The lowest BCUT2D eigenvalue weighted by atomic mass is 9.82. The molecule has 0 unspecified atom stereocenters. The third-order valence-electron chi connectivity index (χ3n) is 3.26. The van der Waals surface area contributed by atoms with Crippen molar-refractivity contribution >= 4 is 13.1 Å². The Morgan fingerprint density at radius 1 is 1.42 bits per heavy atom. The summed E-state index contributed by atoms with van der Waals surface area (Å²) in [4.78, 5) is 12.7. The molecular formula is C18H28N4O2. The first kappa shape index (κ1) is 21.4. The van der Waals surface area contributed by atoms with Gasteiger partial charge in [0.05, 0.1) is 0 Å². The van der Waals surface area contributed by atoms with Crippen LogP contribution in [0.2, 0.25) is 0 Å². The summed E-state index contributed by atoms with van der Waals surface area (Å²) in [7, 11) is 0. The fourth-order valence-corrected chi connectivity index (χ4v) is 2.05. The average Bonchev–Trinajstić information content (AvgIpc) is 2.46. The van der Waals surface area contributed by atoms with Crippen LogP contribution in [0.5, 0.6) is 5.75 Å². The number of nitrogens with zero attached hydrogens (tertiary/aromatic N) is 2. The number of phenols is 1. The lowest BCUT2D eigenvalue weighted by molar-refractivity contribution is -0.106. The summed E-state index contributed by atoms with van der Waals surface area (Å²) < 4.78 is 0. The molecule has 0 aliphatic carbocycles. The molecule has 6 heteroatoms. The number of rotatable bonds is 5. The van der Waals surface area contributed by atoms with E-state index in [1.807, 2.05) is 19.1 Å². The summed E-state index contributed by atoms with van der Waals surface area (Å²) in [5.74, 6) is 6.90. The second-order valence-electron chi connectivity index (χ2n) is 6.30. The molecule has 0 fully saturated rings. The van der Waals surface area contributed by atoms with Crippen LogP contribution < -0.4 is 11.6 Å². The van der Waals surface area contributed by atoms with Crippen molar-refractivity contribution in [1.82, 2.24) is 5.01 Å². The molecular weight excluding hydrogens is 304 g/mol. The van der Waals surface area contributed by atoms with Crippen LogP contribution in [0.4, 0.5) is 0 Å². The van der Waals surface area contributed by atoms with Crippen LogP contribution in [0.25, 0.3) is 0 Å². The normalized spacial score (nSPS) is 11.5. The highest BCUT2D eigenvalue weighted by atomic mass is 16.3. The number of aromatic hydroxyl groups is 1. The maximum Gasteiger partial charge on any atom is 0.204 e. The third-order valence-corrected chi connectivity index (χ3v) is 3.26. The number of allylic oxidation sites excluding steroid dienone is 2. The third kappa shape index (κ3) is 6.66. The fourth-order valence-electron chi connectivity index (χ4n) is 2.05. The van der Waals surface area contributed by atoms with Gasteiger partial charge in [-0.15, -0.1) is 0 Å². The summed E-state index contributed by atoms with van der Waals surface area (Å²) in [6.07, 6.45) is 0.882. The van der Waals surface area contributed by atoms with Gasteiger partial charge in [0.15, 0.2) is 0 Å². The van der Waals surface area contributed by atoms with Gasteiger partial charge in [-0.2, -0.15) is 0 Å². The van der Waals surface area contributed by atoms with Crippen LogP contribution in [0.15, 0.2) is 52.9 Å². The molecule has 0 saturated carbocycles. The van der Waals surface area contributed by atoms with E-state index in [-0.39, 0.29) is 17.6 Å².